The third kappa shape index (κ3) is 2.62. The van der Waals surface area contributed by atoms with Crippen LogP contribution < -0.4 is 5.32 Å². The molecule has 1 saturated carbocycles. The number of rotatable bonds is 4. The number of carbonyl (C=O) groups is 1. The zero-order valence-electron chi connectivity index (χ0n) is 9.40. The van der Waals surface area contributed by atoms with Gasteiger partial charge in [-0.15, -0.1) is 11.3 Å². The second kappa shape index (κ2) is 4.97. The number of hydrogen-bond donors (Lipinski definition) is 2. The Labute approximate surface area is 99.5 Å². The van der Waals surface area contributed by atoms with Gasteiger partial charge in [-0.05, 0) is 42.2 Å². The first-order chi connectivity index (χ1) is 7.66. The summed E-state index contributed by atoms with van der Waals surface area (Å²) in [5.41, 5.74) is 0.914. The molecule has 1 aromatic heterocycles. The van der Waals surface area contributed by atoms with Gasteiger partial charge in [0.05, 0.1) is 0 Å². The van der Waals surface area contributed by atoms with Gasteiger partial charge in [0.25, 0.3) is 0 Å². The lowest BCUT2D eigenvalue weighted by Crippen LogP contribution is -2.26. The highest BCUT2D eigenvalue weighted by Gasteiger charge is 2.21. The van der Waals surface area contributed by atoms with Crippen molar-refractivity contribution in [1.82, 2.24) is 5.32 Å². The minimum absolute atomic E-state index is 0.471. The number of aromatic carboxylic acids is 1. The maximum atomic E-state index is 10.9. The van der Waals surface area contributed by atoms with Crippen LogP contribution in [0.2, 0.25) is 0 Å². The molecule has 0 amide bonds. The van der Waals surface area contributed by atoms with E-state index in [1.807, 2.05) is 11.4 Å². The number of hydrogen-bond acceptors (Lipinski definition) is 3. The SMILES string of the molecule is CC1CCC(NCc2ccsc2C(=O)O)C1. The van der Waals surface area contributed by atoms with E-state index in [1.54, 1.807) is 0 Å². The van der Waals surface area contributed by atoms with E-state index in [-0.39, 0.29) is 0 Å². The number of carboxylic acid groups (broad SMARTS) is 1. The predicted octanol–water partition coefficient (Wildman–Crippen LogP) is 2.72. The second-order valence-electron chi connectivity index (χ2n) is 4.58. The Morgan fingerprint density at radius 1 is 1.62 bits per heavy atom. The van der Waals surface area contributed by atoms with Crippen molar-refractivity contribution in [3.63, 3.8) is 0 Å². The van der Waals surface area contributed by atoms with Crippen LogP contribution in [-0.4, -0.2) is 17.1 Å². The zero-order chi connectivity index (χ0) is 11.5. The first-order valence-electron chi connectivity index (χ1n) is 5.70. The van der Waals surface area contributed by atoms with E-state index in [2.05, 4.69) is 12.2 Å². The molecule has 1 fully saturated rings. The van der Waals surface area contributed by atoms with Gasteiger partial charge in [-0.1, -0.05) is 6.92 Å². The normalized spacial score (nSPS) is 24.8. The van der Waals surface area contributed by atoms with Crippen molar-refractivity contribution >= 4 is 17.3 Å². The van der Waals surface area contributed by atoms with Crippen LogP contribution in [0.3, 0.4) is 0 Å². The Morgan fingerprint density at radius 3 is 3.06 bits per heavy atom. The largest absolute Gasteiger partial charge is 0.477 e. The zero-order valence-corrected chi connectivity index (χ0v) is 10.2. The lowest BCUT2D eigenvalue weighted by molar-refractivity contribution is 0.0701. The van der Waals surface area contributed by atoms with E-state index >= 15 is 0 Å². The topological polar surface area (TPSA) is 49.3 Å². The van der Waals surface area contributed by atoms with Crippen molar-refractivity contribution < 1.29 is 9.90 Å². The molecule has 4 heteroatoms. The van der Waals surface area contributed by atoms with Crippen molar-refractivity contribution in [2.24, 2.45) is 5.92 Å². The van der Waals surface area contributed by atoms with E-state index in [0.717, 1.165) is 11.5 Å². The van der Waals surface area contributed by atoms with E-state index in [4.69, 9.17) is 5.11 Å². The Bertz CT molecular complexity index is 375. The Balaban J connectivity index is 1.89. The summed E-state index contributed by atoms with van der Waals surface area (Å²) in [6, 6.07) is 2.47. The Morgan fingerprint density at radius 2 is 2.44 bits per heavy atom. The van der Waals surface area contributed by atoms with E-state index in [1.165, 1.54) is 30.6 Å². The molecule has 16 heavy (non-hydrogen) atoms. The predicted molar refractivity (Wildman–Crippen MR) is 64.9 cm³/mol. The number of nitrogens with one attached hydrogen (secondary N) is 1. The van der Waals surface area contributed by atoms with Crippen LogP contribution in [0.4, 0.5) is 0 Å². The molecule has 1 aliphatic rings. The van der Waals surface area contributed by atoms with Crippen molar-refractivity contribution in [2.45, 2.75) is 38.8 Å². The summed E-state index contributed by atoms with van der Waals surface area (Å²) in [6.45, 7) is 2.96. The van der Waals surface area contributed by atoms with Crippen molar-refractivity contribution in [3.05, 3.63) is 21.9 Å². The fourth-order valence-electron chi connectivity index (χ4n) is 2.31. The monoisotopic (exact) mass is 239 g/mol. The highest BCUT2D eigenvalue weighted by molar-refractivity contribution is 7.12. The summed E-state index contributed by atoms with van der Waals surface area (Å²) >= 11 is 1.30. The molecular weight excluding hydrogens is 222 g/mol. The van der Waals surface area contributed by atoms with E-state index < -0.39 is 5.97 Å². The molecule has 0 spiro atoms. The molecular formula is C12H17NO2S. The van der Waals surface area contributed by atoms with Gasteiger partial charge in [-0.3, -0.25) is 0 Å². The molecule has 0 aliphatic heterocycles. The van der Waals surface area contributed by atoms with Gasteiger partial charge in [0.15, 0.2) is 0 Å². The lowest BCUT2D eigenvalue weighted by Gasteiger charge is -2.11. The molecule has 0 aromatic carbocycles. The van der Waals surface area contributed by atoms with Crippen LogP contribution in [0.1, 0.15) is 41.4 Å². The van der Waals surface area contributed by atoms with Gasteiger partial charge in [0.2, 0.25) is 0 Å². The smallest absolute Gasteiger partial charge is 0.346 e. The fourth-order valence-corrected chi connectivity index (χ4v) is 3.07. The highest BCUT2D eigenvalue weighted by Crippen LogP contribution is 2.25. The van der Waals surface area contributed by atoms with Crippen LogP contribution in [0, 0.1) is 5.92 Å². The molecule has 2 atom stereocenters. The summed E-state index contributed by atoms with van der Waals surface area (Å²) in [4.78, 5) is 11.4. The molecule has 0 radical (unpaired) electrons. The Kier molecular flexibility index (Phi) is 3.61. The van der Waals surface area contributed by atoms with E-state index in [9.17, 15) is 4.79 Å². The minimum atomic E-state index is -0.813. The van der Waals surface area contributed by atoms with Gasteiger partial charge < -0.3 is 10.4 Å². The van der Waals surface area contributed by atoms with Crippen molar-refractivity contribution in [2.75, 3.05) is 0 Å². The second-order valence-corrected chi connectivity index (χ2v) is 5.49. The van der Waals surface area contributed by atoms with Crippen LogP contribution in [0.25, 0.3) is 0 Å². The highest BCUT2D eigenvalue weighted by atomic mass is 32.1. The van der Waals surface area contributed by atoms with Gasteiger partial charge in [0.1, 0.15) is 4.88 Å². The molecule has 0 saturated heterocycles. The summed E-state index contributed by atoms with van der Waals surface area (Å²) in [6.07, 6.45) is 3.72. The van der Waals surface area contributed by atoms with Crippen molar-refractivity contribution in [3.8, 4) is 0 Å². The van der Waals surface area contributed by atoms with Gasteiger partial charge >= 0.3 is 5.97 Å². The molecule has 1 heterocycles. The third-order valence-corrected chi connectivity index (χ3v) is 4.16. The minimum Gasteiger partial charge on any atom is -0.477 e. The van der Waals surface area contributed by atoms with Gasteiger partial charge in [-0.25, -0.2) is 4.79 Å². The standard InChI is InChI=1S/C12H17NO2S/c1-8-2-3-10(6-8)13-7-9-4-5-16-11(9)12(14)15/h4-5,8,10,13H,2-3,6-7H2,1H3,(H,14,15). The molecule has 2 N–H and O–H groups in total. The molecule has 2 rings (SSSR count). The first-order valence-corrected chi connectivity index (χ1v) is 6.58. The van der Waals surface area contributed by atoms with Crippen LogP contribution in [0.5, 0.6) is 0 Å². The first kappa shape index (κ1) is 11.6. The van der Waals surface area contributed by atoms with E-state index in [0.29, 0.717) is 17.5 Å². The average molecular weight is 239 g/mol. The van der Waals surface area contributed by atoms with Gasteiger partial charge in [0, 0.05) is 12.6 Å². The Hall–Kier alpha value is -0.870. The average Bonchev–Trinajstić information content (AvgIpc) is 2.83. The van der Waals surface area contributed by atoms with Crippen LogP contribution in [-0.2, 0) is 6.54 Å². The molecule has 1 aromatic rings. The maximum Gasteiger partial charge on any atom is 0.346 e. The number of thiophene rings is 1. The van der Waals surface area contributed by atoms with Crippen molar-refractivity contribution in [1.29, 1.82) is 0 Å². The molecule has 0 bridgehead atoms. The van der Waals surface area contributed by atoms with Crippen LogP contribution >= 0.6 is 11.3 Å². The fraction of sp³-hybridized carbons (Fsp3) is 0.583. The lowest BCUT2D eigenvalue weighted by atomic mass is 10.1. The summed E-state index contributed by atoms with van der Waals surface area (Å²) in [5, 5.41) is 14.3. The molecule has 2 unspecified atom stereocenters. The molecule has 1 aliphatic carbocycles. The van der Waals surface area contributed by atoms with Gasteiger partial charge in [-0.2, -0.15) is 0 Å². The molecule has 88 valence electrons. The van der Waals surface area contributed by atoms with Crippen LogP contribution in [0.15, 0.2) is 11.4 Å². The summed E-state index contributed by atoms with van der Waals surface area (Å²) in [7, 11) is 0. The summed E-state index contributed by atoms with van der Waals surface area (Å²) < 4.78 is 0. The third-order valence-electron chi connectivity index (χ3n) is 3.22. The summed E-state index contributed by atoms with van der Waals surface area (Å²) in [5.74, 6) is -0.00879. The quantitative estimate of drug-likeness (QED) is 0.849. The number of carboxylic acids is 1. The molecule has 3 nitrogen and oxygen atoms in total. The maximum absolute atomic E-state index is 10.9.